The molecule has 0 amide bonds. The summed E-state index contributed by atoms with van der Waals surface area (Å²) in [6.45, 7) is 2.28. The summed E-state index contributed by atoms with van der Waals surface area (Å²) in [5.74, 6) is 0. The summed E-state index contributed by atoms with van der Waals surface area (Å²) < 4.78 is 5.60. The van der Waals surface area contributed by atoms with E-state index >= 15 is 0 Å². The molecule has 0 aromatic carbocycles. The van der Waals surface area contributed by atoms with E-state index in [4.69, 9.17) is 4.74 Å². The van der Waals surface area contributed by atoms with Crippen molar-refractivity contribution in [1.29, 1.82) is 0 Å². The van der Waals surface area contributed by atoms with Crippen LogP contribution in [0.3, 0.4) is 0 Å². The Bertz CT molecular complexity index is 149. The van der Waals surface area contributed by atoms with Crippen molar-refractivity contribution < 1.29 is 4.74 Å². The standard InChI is InChI=1S/C13H26OSe/c1-3-4-5-8-11-15-13-10-7-6-9-12(13)14-2/h12-13H,3-11H2,1-2H3/t12-,13-/m1/s1. The van der Waals surface area contributed by atoms with Crippen molar-refractivity contribution in [3.63, 3.8) is 0 Å². The SMILES string of the molecule is CCCCCC[Se][C@@H]1CCCC[C@H]1OC. The van der Waals surface area contributed by atoms with E-state index in [-0.39, 0.29) is 0 Å². The van der Waals surface area contributed by atoms with Gasteiger partial charge in [0.25, 0.3) is 0 Å². The molecule has 1 saturated carbocycles. The minimum absolute atomic E-state index is 0.602. The monoisotopic (exact) mass is 278 g/mol. The van der Waals surface area contributed by atoms with Crippen LogP contribution in [0.15, 0.2) is 0 Å². The molecule has 2 atom stereocenters. The van der Waals surface area contributed by atoms with E-state index in [1.165, 1.54) is 56.7 Å². The molecule has 0 N–H and O–H groups in total. The molecule has 1 aliphatic rings. The van der Waals surface area contributed by atoms with Gasteiger partial charge in [0, 0.05) is 0 Å². The first-order valence-electron chi connectivity index (χ1n) is 6.53. The van der Waals surface area contributed by atoms with Gasteiger partial charge >= 0.3 is 101 Å². The van der Waals surface area contributed by atoms with Gasteiger partial charge in [0.15, 0.2) is 0 Å². The average molecular weight is 277 g/mol. The molecular weight excluding hydrogens is 251 g/mol. The molecule has 0 aromatic heterocycles. The van der Waals surface area contributed by atoms with Crippen LogP contribution >= 0.6 is 0 Å². The molecule has 90 valence electrons. The van der Waals surface area contributed by atoms with Crippen LogP contribution in [0.25, 0.3) is 0 Å². The molecule has 0 saturated heterocycles. The molecule has 0 unspecified atom stereocenters. The van der Waals surface area contributed by atoms with Crippen LogP contribution in [0.1, 0.15) is 58.3 Å². The molecule has 0 aromatic rings. The van der Waals surface area contributed by atoms with E-state index < -0.39 is 0 Å². The number of hydrogen-bond acceptors (Lipinski definition) is 1. The van der Waals surface area contributed by atoms with Crippen LogP contribution in [0.2, 0.25) is 10.1 Å². The van der Waals surface area contributed by atoms with Gasteiger partial charge in [-0.25, -0.2) is 0 Å². The Kier molecular flexibility index (Phi) is 7.78. The van der Waals surface area contributed by atoms with E-state index in [1.54, 1.807) is 0 Å². The molecular formula is C13H26OSe. The first-order chi connectivity index (χ1) is 7.38. The molecule has 0 bridgehead atoms. The van der Waals surface area contributed by atoms with Gasteiger partial charge in [-0.15, -0.1) is 0 Å². The fraction of sp³-hybridized carbons (Fsp3) is 1.00. The minimum atomic E-state index is 0.602. The second-order valence-corrected chi connectivity index (χ2v) is 7.35. The van der Waals surface area contributed by atoms with Crippen molar-refractivity contribution in [3.05, 3.63) is 0 Å². The molecule has 1 aliphatic carbocycles. The Morgan fingerprint density at radius 2 is 1.93 bits per heavy atom. The van der Waals surface area contributed by atoms with Crippen LogP contribution in [-0.4, -0.2) is 28.2 Å². The molecule has 2 heteroatoms. The van der Waals surface area contributed by atoms with Crippen molar-refractivity contribution in [1.82, 2.24) is 0 Å². The predicted molar refractivity (Wildman–Crippen MR) is 67.7 cm³/mol. The Morgan fingerprint density at radius 3 is 2.67 bits per heavy atom. The molecule has 0 heterocycles. The first-order valence-corrected chi connectivity index (χ1v) is 8.73. The van der Waals surface area contributed by atoms with Gasteiger partial charge in [0.05, 0.1) is 0 Å². The van der Waals surface area contributed by atoms with Crippen LogP contribution in [0.5, 0.6) is 0 Å². The molecule has 15 heavy (non-hydrogen) atoms. The van der Waals surface area contributed by atoms with Gasteiger partial charge in [-0.2, -0.15) is 0 Å². The van der Waals surface area contributed by atoms with Crippen LogP contribution < -0.4 is 0 Å². The second kappa shape index (κ2) is 8.61. The number of methoxy groups -OCH3 is 1. The van der Waals surface area contributed by atoms with E-state index in [1.807, 2.05) is 7.11 Å². The summed E-state index contributed by atoms with van der Waals surface area (Å²) >= 11 is 0.842. The van der Waals surface area contributed by atoms with Crippen LogP contribution in [0.4, 0.5) is 0 Å². The number of unbranched alkanes of at least 4 members (excludes halogenated alkanes) is 3. The van der Waals surface area contributed by atoms with Crippen molar-refractivity contribution in [2.45, 2.75) is 74.5 Å². The van der Waals surface area contributed by atoms with E-state index in [9.17, 15) is 0 Å². The number of rotatable bonds is 7. The Balaban J connectivity index is 2.07. The first kappa shape index (κ1) is 13.5. The molecule has 1 rings (SSSR count). The zero-order chi connectivity index (χ0) is 10.9. The summed E-state index contributed by atoms with van der Waals surface area (Å²) in [7, 11) is 1.90. The maximum atomic E-state index is 5.60. The molecule has 1 nitrogen and oxygen atoms in total. The van der Waals surface area contributed by atoms with Gasteiger partial charge in [-0.05, 0) is 0 Å². The summed E-state index contributed by atoms with van der Waals surface area (Å²) in [6, 6.07) is 0. The second-order valence-electron chi connectivity index (χ2n) is 4.53. The Labute approximate surface area is 102 Å². The van der Waals surface area contributed by atoms with Gasteiger partial charge in [-0.1, -0.05) is 0 Å². The summed E-state index contributed by atoms with van der Waals surface area (Å²) in [5, 5.41) is 1.48. The van der Waals surface area contributed by atoms with E-state index in [2.05, 4.69) is 6.92 Å². The van der Waals surface area contributed by atoms with Gasteiger partial charge in [-0.3, -0.25) is 0 Å². The topological polar surface area (TPSA) is 9.23 Å². The number of ether oxygens (including phenoxy) is 1. The van der Waals surface area contributed by atoms with Crippen molar-refractivity contribution >= 4 is 15.0 Å². The molecule has 0 radical (unpaired) electrons. The van der Waals surface area contributed by atoms with Crippen LogP contribution in [0, 0.1) is 0 Å². The zero-order valence-corrected chi connectivity index (χ0v) is 12.0. The summed E-state index contributed by atoms with van der Waals surface area (Å²) in [5.41, 5.74) is 0. The van der Waals surface area contributed by atoms with Gasteiger partial charge in [0.1, 0.15) is 0 Å². The Hall–Kier alpha value is 0.479. The van der Waals surface area contributed by atoms with Crippen molar-refractivity contribution in [2.75, 3.05) is 7.11 Å². The molecule has 1 fully saturated rings. The molecule has 0 spiro atoms. The predicted octanol–water partition coefficient (Wildman–Crippen LogP) is 4.07. The maximum absolute atomic E-state index is 5.60. The molecule has 0 aliphatic heterocycles. The summed E-state index contributed by atoms with van der Waals surface area (Å²) in [4.78, 5) is 0.929. The van der Waals surface area contributed by atoms with Crippen LogP contribution in [-0.2, 0) is 4.74 Å². The Morgan fingerprint density at radius 1 is 1.13 bits per heavy atom. The van der Waals surface area contributed by atoms with E-state index in [0.717, 1.165) is 19.8 Å². The number of hydrogen-bond donors (Lipinski definition) is 0. The average Bonchev–Trinajstić information content (AvgIpc) is 2.29. The zero-order valence-electron chi connectivity index (χ0n) is 10.3. The summed E-state index contributed by atoms with van der Waals surface area (Å²) in [6.07, 6.45) is 11.9. The van der Waals surface area contributed by atoms with Crippen molar-refractivity contribution in [3.8, 4) is 0 Å². The third-order valence-electron chi connectivity index (χ3n) is 3.27. The third kappa shape index (κ3) is 5.38. The van der Waals surface area contributed by atoms with Crippen molar-refractivity contribution in [2.24, 2.45) is 0 Å². The van der Waals surface area contributed by atoms with Gasteiger partial charge in [0.2, 0.25) is 0 Å². The van der Waals surface area contributed by atoms with E-state index in [0.29, 0.717) is 6.10 Å². The van der Waals surface area contributed by atoms with Gasteiger partial charge < -0.3 is 0 Å². The normalized spacial score (nSPS) is 26.8. The third-order valence-corrected chi connectivity index (χ3v) is 6.40. The fourth-order valence-electron chi connectivity index (χ4n) is 2.29. The fourth-order valence-corrected chi connectivity index (χ4v) is 5.37. The quantitative estimate of drug-likeness (QED) is 0.503.